The summed E-state index contributed by atoms with van der Waals surface area (Å²) in [5, 5.41) is 2.18. The van der Waals surface area contributed by atoms with Gasteiger partial charge in [-0.3, -0.25) is 4.99 Å². The normalized spacial score (nSPS) is 19.6. The van der Waals surface area contributed by atoms with Crippen LogP contribution in [0.3, 0.4) is 0 Å². The summed E-state index contributed by atoms with van der Waals surface area (Å²) in [6.07, 6.45) is 7.57. The van der Waals surface area contributed by atoms with Gasteiger partial charge in [-0.25, -0.2) is 0 Å². The summed E-state index contributed by atoms with van der Waals surface area (Å²) in [6.45, 7) is 5.51. The van der Waals surface area contributed by atoms with Crippen molar-refractivity contribution >= 4 is 39.6 Å². The molecule has 0 amide bonds. The second kappa shape index (κ2) is 6.43. The number of nitrogens with zero attached hydrogens (tertiary/aromatic N) is 2. The Bertz CT molecular complexity index is 567. The average molecular weight is 400 g/mol. The molecule has 0 aromatic carbocycles. The minimum atomic E-state index is 0.0661. The molecule has 3 rings (SSSR count). The lowest BCUT2D eigenvalue weighted by Crippen LogP contribution is -2.24. The lowest BCUT2D eigenvalue weighted by molar-refractivity contribution is 0.437. The molecule has 2 nitrogen and oxygen atoms in total. The van der Waals surface area contributed by atoms with Gasteiger partial charge in [0.05, 0.1) is 10.6 Å². The quantitative estimate of drug-likeness (QED) is 0.462. The smallest absolute Gasteiger partial charge is 0.103 e. The second-order valence-corrected chi connectivity index (χ2v) is 6.51. The van der Waals surface area contributed by atoms with Gasteiger partial charge in [0, 0.05) is 25.2 Å². The molecule has 2 aliphatic heterocycles. The molecule has 0 unspecified atom stereocenters. The molecule has 2 aliphatic rings. The van der Waals surface area contributed by atoms with Crippen molar-refractivity contribution in [3.63, 3.8) is 0 Å². The molecule has 0 fully saturated rings. The maximum Gasteiger partial charge on any atom is 0.103 e. The standard InChI is InChI=1S/C15H18N2S.CH3I/c1-15(2)6-7-16-13-12(10-15)17(3)8-4-11-5-9-18-14(11)13;1-2/h5-7,9-10H,4,8H2,1-3H3;1H3. The predicted octanol–water partition coefficient (Wildman–Crippen LogP) is 4.51. The Kier molecular flexibility index (Phi) is 5.07. The SMILES string of the molecule is CI.CN1CCc2ccsc2C2=NC=CC(C)(C)C=C21. The van der Waals surface area contributed by atoms with Crippen LogP contribution in [-0.2, 0) is 6.42 Å². The number of allylic oxidation sites excluding steroid dienone is 3. The number of halogens is 1. The minimum Gasteiger partial charge on any atom is -0.373 e. The van der Waals surface area contributed by atoms with Gasteiger partial charge in [-0.1, -0.05) is 42.5 Å². The van der Waals surface area contributed by atoms with Gasteiger partial charge >= 0.3 is 0 Å². The fourth-order valence-electron chi connectivity index (χ4n) is 2.45. The maximum atomic E-state index is 4.70. The Morgan fingerprint density at radius 2 is 2.10 bits per heavy atom. The van der Waals surface area contributed by atoms with Crippen LogP contribution in [0.15, 0.2) is 40.5 Å². The number of rotatable bonds is 0. The van der Waals surface area contributed by atoms with E-state index < -0.39 is 0 Å². The Balaban J connectivity index is 0.000000704. The van der Waals surface area contributed by atoms with Gasteiger partial charge in [0.25, 0.3) is 0 Å². The van der Waals surface area contributed by atoms with Gasteiger partial charge in [-0.2, -0.15) is 0 Å². The highest BCUT2D eigenvalue weighted by atomic mass is 127. The number of hydrogen-bond acceptors (Lipinski definition) is 3. The van der Waals surface area contributed by atoms with Gasteiger partial charge in [0.15, 0.2) is 0 Å². The predicted molar refractivity (Wildman–Crippen MR) is 98.1 cm³/mol. The fraction of sp³-hybridized carbons (Fsp3) is 0.438. The van der Waals surface area contributed by atoms with Crippen molar-refractivity contribution < 1.29 is 0 Å². The summed E-state index contributed by atoms with van der Waals surface area (Å²) in [5.74, 6) is 0. The van der Waals surface area contributed by atoms with E-state index >= 15 is 0 Å². The lowest BCUT2D eigenvalue weighted by atomic mass is 9.91. The molecule has 0 atom stereocenters. The molecule has 3 heterocycles. The van der Waals surface area contributed by atoms with Crippen LogP contribution in [0.25, 0.3) is 0 Å². The topological polar surface area (TPSA) is 15.6 Å². The highest BCUT2D eigenvalue weighted by molar-refractivity contribution is 14.1. The fourth-order valence-corrected chi connectivity index (χ4v) is 3.41. The van der Waals surface area contributed by atoms with Crippen molar-refractivity contribution in [1.29, 1.82) is 0 Å². The summed E-state index contributed by atoms with van der Waals surface area (Å²) in [6, 6.07) is 2.24. The molecular weight excluding hydrogens is 379 g/mol. The summed E-state index contributed by atoms with van der Waals surface area (Å²) < 4.78 is 0. The highest BCUT2D eigenvalue weighted by Gasteiger charge is 2.26. The number of alkyl halides is 1. The number of fused-ring (bicyclic) bond motifs is 3. The van der Waals surface area contributed by atoms with E-state index in [9.17, 15) is 0 Å². The van der Waals surface area contributed by atoms with E-state index in [1.165, 1.54) is 16.1 Å². The molecule has 108 valence electrons. The summed E-state index contributed by atoms with van der Waals surface area (Å²) in [7, 11) is 2.17. The highest BCUT2D eigenvalue weighted by Crippen LogP contribution is 2.32. The molecule has 20 heavy (non-hydrogen) atoms. The zero-order valence-electron chi connectivity index (χ0n) is 12.5. The van der Waals surface area contributed by atoms with Crippen molar-refractivity contribution in [2.24, 2.45) is 10.4 Å². The van der Waals surface area contributed by atoms with Crippen molar-refractivity contribution in [3.8, 4) is 0 Å². The number of aliphatic imine (C=N–C) groups is 1. The van der Waals surface area contributed by atoms with E-state index in [0.29, 0.717) is 0 Å². The molecule has 0 radical (unpaired) electrons. The number of thiophene rings is 1. The van der Waals surface area contributed by atoms with Crippen LogP contribution in [-0.4, -0.2) is 29.1 Å². The molecule has 1 aromatic heterocycles. The first-order valence-electron chi connectivity index (χ1n) is 6.71. The second-order valence-electron chi connectivity index (χ2n) is 5.59. The first kappa shape index (κ1) is 15.8. The third-order valence-electron chi connectivity index (χ3n) is 3.55. The molecular formula is C16H21IN2S. The number of hydrogen-bond donors (Lipinski definition) is 0. The average Bonchev–Trinajstić information content (AvgIpc) is 2.78. The molecule has 0 saturated carbocycles. The Hall–Kier alpha value is -0.620. The van der Waals surface area contributed by atoms with Crippen LogP contribution in [0.5, 0.6) is 0 Å². The van der Waals surface area contributed by atoms with E-state index in [1.807, 2.05) is 11.1 Å². The van der Waals surface area contributed by atoms with Crippen molar-refractivity contribution in [1.82, 2.24) is 4.90 Å². The van der Waals surface area contributed by atoms with Crippen LogP contribution < -0.4 is 0 Å². The van der Waals surface area contributed by atoms with Gasteiger partial charge in [-0.15, -0.1) is 11.3 Å². The maximum absolute atomic E-state index is 4.70. The van der Waals surface area contributed by atoms with Gasteiger partial charge in [0.2, 0.25) is 0 Å². The molecule has 0 N–H and O–H groups in total. The van der Waals surface area contributed by atoms with Crippen molar-refractivity contribution in [2.75, 3.05) is 18.5 Å². The number of likely N-dealkylation sites (N-methyl/N-ethyl adjacent to an activating group) is 1. The van der Waals surface area contributed by atoms with Crippen LogP contribution in [0, 0.1) is 5.41 Å². The summed E-state index contributed by atoms with van der Waals surface area (Å²) >= 11 is 3.95. The van der Waals surface area contributed by atoms with Crippen LogP contribution in [0.1, 0.15) is 24.3 Å². The summed E-state index contributed by atoms with van der Waals surface area (Å²) in [4.78, 5) is 10.3. The van der Waals surface area contributed by atoms with E-state index in [2.05, 4.69) is 72.0 Å². The van der Waals surface area contributed by atoms with Gasteiger partial charge in [0.1, 0.15) is 5.71 Å². The zero-order valence-corrected chi connectivity index (χ0v) is 15.5. The zero-order chi connectivity index (χ0) is 14.8. The summed E-state index contributed by atoms with van der Waals surface area (Å²) in [5.41, 5.74) is 3.91. The molecule has 0 bridgehead atoms. The van der Waals surface area contributed by atoms with E-state index in [1.54, 1.807) is 11.3 Å². The molecule has 0 aliphatic carbocycles. The van der Waals surface area contributed by atoms with Crippen molar-refractivity contribution in [3.05, 3.63) is 45.9 Å². The lowest BCUT2D eigenvalue weighted by Gasteiger charge is -2.23. The Labute approximate surface area is 139 Å². The molecule has 0 spiro atoms. The van der Waals surface area contributed by atoms with E-state index in [4.69, 9.17) is 4.99 Å². The molecule has 1 aromatic rings. The van der Waals surface area contributed by atoms with Crippen LogP contribution in [0.2, 0.25) is 0 Å². The molecule has 4 heteroatoms. The third-order valence-corrected chi connectivity index (χ3v) is 4.51. The Morgan fingerprint density at radius 3 is 2.85 bits per heavy atom. The van der Waals surface area contributed by atoms with Crippen LogP contribution >= 0.6 is 33.9 Å². The van der Waals surface area contributed by atoms with E-state index in [-0.39, 0.29) is 5.41 Å². The van der Waals surface area contributed by atoms with Crippen molar-refractivity contribution in [2.45, 2.75) is 20.3 Å². The van der Waals surface area contributed by atoms with E-state index in [0.717, 1.165) is 18.7 Å². The molecule has 0 saturated heterocycles. The monoisotopic (exact) mass is 400 g/mol. The van der Waals surface area contributed by atoms with Gasteiger partial charge < -0.3 is 4.90 Å². The minimum absolute atomic E-state index is 0.0661. The Morgan fingerprint density at radius 1 is 1.35 bits per heavy atom. The van der Waals surface area contributed by atoms with Gasteiger partial charge in [-0.05, 0) is 34.4 Å². The third kappa shape index (κ3) is 3.17. The first-order chi connectivity index (χ1) is 9.57. The first-order valence-corrected chi connectivity index (χ1v) is 9.75. The largest absolute Gasteiger partial charge is 0.373 e. The van der Waals surface area contributed by atoms with Crippen LogP contribution in [0.4, 0.5) is 0 Å².